The van der Waals surface area contributed by atoms with E-state index >= 15 is 0 Å². The molecule has 1 atom stereocenters. The lowest BCUT2D eigenvalue weighted by Crippen LogP contribution is -2.38. The minimum atomic E-state index is 0.374. The number of fused-ring (bicyclic) bond motifs is 1. The number of piperidine rings is 1. The van der Waals surface area contributed by atoms with E-state index in [0.29, 0.717) is 18.7 Å². The molecule has 1 aliphatic heterocycles. The molecular formula is C13H16N2O2. The van der Waals surface area contributed by atoms with E-state index < -0.39 is 0 Å². The van der Waals surface area contributed by atoms with Crippen LogP contribution in [0.4, 0.5) is 0 Å². The van der Waals surface area contributed by atoms with Gasteiger partial charge in [0.2, 0.25) is 0 Å². The third-order valence-electron chi connectivity index (χ3n) is 3.09. The molecule has 1 saturated heterocycles. The molecule has 2 heterocycles. The summed E-state index contributed by atoms with van der Waals surface area (Å²) in [5.41, 5.74) is 1.62. The Morgan fingerprint density at radius 3 is 3.12 bits per heavy atom. The SMILES string of the molecule is c1ccc2oc(OCC3CCCCN3)nc2c1. The Hall–Kier alpha value is -1.55. The molecule has 2 aromatic rings. The summed E-state index contributed by atoms with van der Waals surface area (Å²) in [7, 11) is 0. The first kappa shape index (κ1) is 10.6. The highest BCUT2D eigenvalue weighted by molar-refractivity contribution is 5.72. The van der Waals surface area contributed by atoms with Crippen molar-refractivity contribution in [1.82, 2.24) is 10.3 Å². The highest BCUT2D eigenvalue weighted by Crippen LogP contribution is 2.20. The van der Waals surface area contributed by atoms with Crippen molar-refractivity contribution in [2.75, 3.05) is 13.2 Å². The molecule has 0 spiro atoms. The van der Waals surface area contributed by atoms with Gasteiger partial charge in [-0.3, -0.25) is 0 Å². The van der Waals surface area contributed by atoms with Crippen LogP contribution in [-0.4, -0.2) is 24.2 Å². The van der Waals surface area contributed by atoms with Gasteiger partial charge >= 0.3 is 6.08 Å². The zero-order valence-electron chi connectivity index (χ0n) is 9.69. The van der Waals surface area contributed by atoms with Gasteiger partial charge in [-0.25, -0.2) is 0 Å². The van der Waals surface area contributed by atoms with Crippen molar-refractivity contribution in [3.05, 3.63) is 24.3 Å². The van der Waals surface area contributed by atoms with Crippen LogP contribution in [0.3, 0.4) is 0 Å². The van der Waals surface area contributed by atoms with E-state index in [4.69, 9.17) is 9.15 Å². The van der Waals surface area contributed by atoms with Crippen LogP contribution >= 0.6 is 0 Å². The Morgan fingerprint density at radius 1 is 1.35 bits per heavy atom. The van der Waals surface area contributed by atoms with Gasteiger partial charge in [0.25, 0.3) is 0 Å². The van der Waals surface area contributed by atoms with Crippen LogP contribution in [0, 0.1) is 0 Å². The summed E-state index contributed by atoms with van der Waals surface area (Å²) in [6.07, 6.45) is 4.08. The molecule has 4 heteroatoms. The third-order valence-corrected chi connectivity index (χ3v) is 3.09. The standard InChI is InChI=1S/C13H16N2O2/c1-2-7-12-11(6-1)15-13(17-12)16-9-10-5-3-4-8-14-10/h1-2,6-7,10,14H,3-5,8-9H2. The Kier molecular flexibility index (Phi) is 2.96. The van der Waals surface area contributed by atoms with E-state index in [1.807, 2.05) is 24.3 Å². The van der Waals surface area contributed by atoms with Gasteiger partial charge in [0.15, 0.2) is 5.58 Å². The lowest BCUT2D eigenvalue weighted by atomic mass is 10.1. The second-order valence-corrected chi connectivity index (χ2v) is 4.41. The largest absolute Gasteiger partial charge is 0.449 e. The minimum Gasteiger partial charge on any atom is -0.449 e. The highest BCUT2D eigenvalue weighted by Gasteiger charge is 2.14. The molecule has 0 saturated carbocycles. The Morgan fingerprint density at radius 2 is 2.29 bits per heavy atom. The summed E-state index contributed by atoms with van der Waals surface area (Å²) in [6.45, 7) is 1.72. The molecule has 4 nitrogen and oxygen atoms in total. The van der Waals surface area contributed by atoms with Gasteiger partial charge in [0, 0.05) is 6.04 Å². The van der Waals surface area contributed by atoms with Crippen molar-refractivity contribution >= 4 is 11.1 Å². The number of hydrogen-bond donors (Lipinski definition) is 1. The van der Waals surface area contributed by atoms with Crippen molar-refractivity contribution in [3.63, 3.8) is 0 Å². The quantitative estimate of drug-likeness (QED) is 0.882. The predicted octanol–water partition coefficient (Wildman–Crippen LogP) is 2.35. The maximum Gasteiger partial charge on any atom is 0.394 e. The number of nitrogens with one attached hydrogen (secondary N) is 1. The molecule has 1 aromatic heterocycles. The molecular weight excluding hydrogens is 216 g/mol. The Balaban J connectivity index is 1.64. The van der Waals surface area contributed by atoms with Gasteiger partial charge in [0.1, 0.15) is 12.1 Å². The van der Waals surface area contributed by atoms with Crippen LogP contribution in [0.5, 0.6) is 6.08 Å². The van der Waals surface area contributed by atoms with Crippen LogP contribution in [0.15, 0.2) is 28.7 Å². The van der Waals surface area contributed by atoms with Gasteiger partial charge < -0.3 is 14.5 Å². The molecule has 17 heavy (non-hydrogen) atoms. The van der Waals surface area contributed by atoms with E-state index in [1.165, 1.54) is 19.3 Å². The predicted molar refractivity (Wildman–Crippen MR) is 65.1 cm³/mol. The van der Waals surface area contributed by atoms with Crippen LogP contribution < -0.4 is 10.1 Å². The molecule has 0 amide bonds. The summed E-state index contributed by atoms with van der Waals surface area (Å²) >= 11 is 0. The summed E-state index contributed by atoms with van der Waals surface area (Å²) in [5.74, 6) is 0. The van der Waals surface area contributed by atoms with Crippen molar-refractivity contribution in [1.29, 1.82) is 0 Å². The van der Waals surface area contributed by atoms with E-state index in [0.717, 1.165) is 17.6 Å². The third kappa shape index (κ3) is 2.42. The van der Waals surface area contributed by atoms with Crippen LogP contribution in [-0.2, 0) is 0 Å². The second-order valence-electron chi connectivity index (χ2n) is 4.41. The van der Waals surface area contributed by atoms with Gasteiger partial charge in [-0.15, -0.1) is 0 Å². The fourth-order valence-corrected chi connectivity index (χ4v) is 2.15. The van der Waals surface area contributed by atoms with Gasteiger partial charge in [-0.05, 0) is 31.5 Å². The zero-order valence-corrected chi connectivity index (χ0v) is 9.69. The normalized spacial score (nSPS) is 20.6. The molecule has 1 unspecified atom stereocenters. The first-order valence-corrected chi connectivity index (χ1v) is 6.13. The van der Waals surface area contributed by atoms with Crippen molar-refractivity contribution in [3.8, 4) is 6.08 Å². The number of oxazole rings is 1. The van der Waals surface area contributed by atoms with Gasteiger partial charge in [-0.2, -0.15) is 4.98 Å². The molecule has 0 aliphatic carbocycles. The number of para-hydroxylation sites is 2. The van der Waals surface area contributed by atoms with Crippen LogP contribution in [0.2, 0.25) is 0 Å². The number of hydrogen-bond acceptors (Lipinski definition) is 4. The number of nitrogens with zero attached hydrogens (tertiary/aromatic N) is 1. The molecule has 1 aromatic carbocycles. The molecule has 90 valence electrons. The molecule has 1 fully saturated rings. The molecule has 3 rings (SSSR count). The average Bonchev–Trinajstić information content (AvgIpc) is 2.80. The van der Waals surface area contributed by atoms with E-state index in [-0.39, 0.29) is 0 Å². The lowest BCUT2D eigenvalue weighted by molar-refractivity contribution is 0.191. The zero-order chi connectivity index (χ0) is 11.5. The Labute approximate surface area is 100.0 Å². The number of aromatic nitrogens is 1. The lowest BCUT2D eigenvalue weighted by Gasteiger charge is -2.22. The summed E-state index contributed by atoms with van der Waals surface area (Å²) in [5, 5.41) is 3.43. The van der Waals surface area contributed by atoms with E-state index in [9.17, 15) is 0 Å². The number of ether oxygens (including phenoxy) is 1. The molecule has 0 bridgehead atoms. The maximum atomic E-state index is 5.59. The van der Waals surface area contributed by atoms with Crippen molar-refractivity contribution in [2.24, 2.45) is 0 Å². The first-order chi connectivity index (χ1) is 8.42. The number of rotatable bonds is 3. The fourth-order valence-electron chi connectivity index (χ4n) is 2.15. The van der Waals surface area contributed by atoms with Crippen molar-refractivity contribution < 1.29 is 9.15 Å². The highest BCUT2D eigenvalue weighted by atomic mass is 16.6. The molecule has 0 radical (unpaired) electrons. The van der Waals surface area contributed by atoms with Crippen LogP contribution in [0.1, 0.15) is 19.3 Å². The smallest absolute Gasteiger partial charge is 0.394 e. The van der Waals surface area contributed by atoms with Gasteiger partial charge in [-0.1, -0.05) is 18.6 Å². The first-order valence-electron chi connectivity index (χ1n) is 6.13. The molecule has 1 N–H and O–H groups in total. The second kappa shape index (κ2) is 4.75. The fraction of sp³-hybridized carbons (Fsp3) is 0.462. The van der Waals surface area contributed by atoms with Gasteiger partial charge in [0.05, 0.1) is 0 Å². The maximum absolute atomic E-state index is 5.59. The Bertz CT molecular complexity index is 456. The van der Waals surface area contributed by atoms with Crippen LogP contribution in [0.25, 0.3) is 11.1 Å². The topological polar surface area (TPSA) is 47.3 Å². The monoisotopic (exact) mass is 232 g/mol. The number of benzene rings is 1. The minimum absolute atomic E-state index is 0.374. The van der Waals surface area contributed by atoms with Crippen molar-refractivity contribution in [2.45, 2.75) is 25.3 Å². The average molecular weight is 232 g/mol. The van der Waals surface area contributed by atoms with E-state index in [2.05, 4.69) is 10.3 Å². The summed E-state index contributed by atoms with van der Waals surface area (Å²) < 4.78 is 11.1. The molecule has 1 aliphatic rings. The summed E-state index contributed by atoms with van der Waals surface area (Å²) in [4.78, 5) is 4.28. The summed E-state index contributed by atoms with van der Waals surface area (Å²) in [6, 6.07) is 8.12. The van der Waals surface area contributed by atoms with E-state index in [1.54, 1.807) is 0 Å².